The number of aromatic hydroxyl groups is 1. The number of hydrogen-bond acceptors (Lipinski definition) is 5. The fourth-order valence-electron chi connectivity index (χ4n) is 1.40. The van der Waals surface area contributed by atoms with E-state index in [2.05, 4.69) is 15.3 Å². The van der Waals surface area contributed by atoms with Crippen LogP contribution in [0.2, 0.25) is 0 Å². The summed E-state index contributed by atoms with van der Waals surface area (Å²) in [4.78, 5) is 28.6. The van der Waals surface area contributed by atoms with Crippen molar-refractivity contribution in [2.75, 3.05) is 11.1 Å². The zero-order valence-corrected chi connectivity index (χ0v) is 11.2. The first-order valence-electron chi connectivity index (χ1n) is 5.62. The van der Waals surface area contributed by atoms with Crippen molar-refractivity contribution in [1.82, 2.24) is 9.97 Å². The molecule has 1 aromatic carbocycles. The van der Waals surface area contributed by atoms with E-state index in [1.807, 2.05) is 0 Å². The summed E-state index contributed by atoms with van der Waals surface area (Å²) in [7, 11) is 0. The van der Waals surface area contributed by atoms with Crippen molar-refractivity contribution in [3.63, 3.8) is 0 Å². The highest BCUT2D eigenvalue weighted by Gasteiger charge is 2.10. The molecule has 21 heavy (non-hydrogen) atoms. The Labute approximate surface area is 121 Å². The van der Waals surface area contributed by atoms with Gasteiger partial charge in [0.2, 0.25) is 11.8 Å². The van der Waals surface area contributed by atoms with Crippen LogP contribution in [0.25, 0.3) is 0 Å². The van der Waals surface area contributed by atoms with Gasteiger partial charge in [-0.3, -0.25) is 9.59 Å². The molecule has 0 aliphatic rings. The number of aromatic amines is 1. The van der Waals surface area contributed by atoms with E-state index in [0.29, 0.717) is 6.07 Å². The summed E-state index contributed by atoms with van der Waals surface area (Å²) in [6, 6.07) is 3.65. The maximum absolute atomic E-state index is 13.3. The average Bonchev–Trinajstić information content (AvgIpc) is 2.39. The van der Waals surface area contributed by atoms with Crippen LogP contribution in [0.4, 0.5) is 14.5 Å². The van der Waals surface area contributed by atoms with Crippen molar-refractivity contribution in [3.8, 4) is 5.88 Å². The predicted molar refractivity (Wildman–Crippen MR) is 72.2 cm³/mol. The van der Waals surface area contributed by atoms with Crippen LogP contribution < -0.4 is 10.9 Å². The minimum atomic E-state index is -0.891. The molecule has 2 aromatic rings. The van der Waals surface area contributed by atoms with Crippen LogP contribution in [0, 0.1) is 11.6 Å². The van der Waals surface area contributed by atoms with Crippen molar-refractivity contribution in [1.29, 1.82) is 0 Å². The average molecular weight is 313 g/mol. The maximum Gasteiger partial charge on any atom is 0.255 e. The lowest BCUT2D eigenvalue weighted by Gasteiger charge is -2.06. The molecular formula is C12H9F2N3O3S. The maximum atomic E-state index is 13.3. The van der Waals surface area contributed by atoms with Gasteiger partial charge in [-0.25, -0.2) is 8.78 Å². The van der Waals surface area contributed by atoms with E-state index in [1.54, 1.807) is 0 Å². The van der Waals surface area contributed by atoms with Crippen molar-refractivity contribution >= 4 is 23.4 Å². The summed E-state index contributed by atoms with van der Waals surface area (Å²) in [6.07, 6.45) is 0. The lowest BCUT2D eigenvalue weighted by atomic mass is 10.3. The SMILES string of the molecule is O=C(CSc1nc(O)cc(=O)[nH]1)Nc1ccc(F)cc1F. The zero-order valence-electron chi connectivity index (χ0n) is 10.4. The highest BCUT2D eigenvalue weighted by atomic mass is 32.2. The molecule has 0 spiro atoms. The molecule has 2 rings (SSSR count). The minimum Gasteiger partial charge on any atom is -0.493 e. The van der Waals surface area contributed by atoms with Gasteiger partial charge in [-0.1, -0.05) is 11.8 Å². The first kappa shape index (κ1) is 15.0. The number of nitrogens with one attached hydrogen (secondary N) is 2. The smallest absolute Gasteiger partial charge is 0.255 e. The third kappa shape index (κ3) is 4.28. The van der Waals surface area contributed by atoms with Crippen LogP contribution in [-0.2, 0) is 4.79 Å². The third-order valence-electron chi connectivity index (χ3n) is 2.25. The number of carbonyl (C=O) groups is 1. The van der Waals surface area contributed by atoms with Crippen LogP contribution >= 0.6 is 11.8 Å². The van der Waals surface area contributed by atoms with Gasteiger partial charge in [-0.15, -0.1) is 0 Å². The summed E-state index contributed by atoms with van der Waals surface area (Å²) in [6.45, 7) is 0. The molecule has 9 heteroatoms. The topological polar surface area (TPSA) is 95.1 Å². The van der Waals surface area contributed by atoms with E-state index in [1.165, 1.54) is 0 Å². The van der Waals surface area contributed by atoms with Crippen LogP contribution in [0.3, 0.4) is 0 Å². The Bertz CT molecular complexity index is 736. The van der Waals surface area contributed by atoms with E-state index in [4.69, 9.17) is 5.11 Å². The van der Waals surface area contributed by atoms with E-state index in [0.717, 1.165) is 30.0 Å². The second-order valence-corrected chi connectivity index (χ2v) is 4.83. The van der Waals surface area contributed by atoms with Gasteiger partial charge in [0.1, 0.15) is 11.6 Å². The van der Waals surface area contributed by atoms with E-state index < -0.39 is 29.0 Å². The Kier molecular flexibility index (Phi) is 4.53. The van der Waals surface area contributed by atoms with Crippen molar-refractivity contribution in [2.45, 2.75) is 5.16 Å². The fraction of sp³-hybridized carbons (Fsp3) is 0.0833. The number of hydrogen-bond donors (Lipinski definition) is 3. The Morgan fingerprint density at radius 3 is 2.81 bits per heavy atom. The summed E-state index contributed by atoms with van der Waals surface area (Å²) in [5, 5.41) is 11.4. The molecule has 6 nitrogen and oxygen atoms in total. The molecule has 0 aliphatic heterocycles. The molecule has 0 unspecified atom stereocenters. The summed E-state index contributed by atoms with van der Waals surface area (Å²) < 4.78 is 26.0. The van der Waals surface area contributed by atoms with Crippen molar-refractivity contribution in [2.24, 2.45) is 0 Å². The van der Waals surface area contributed by atoms with Gasteiger partial charge in [0.05, 0.1) is 17.5 Å². The number of thioether (sulfide) groups is 1. The van der Waals surface area contributed by atoms with Crippen molar-refractivity contribution < 1.29 is 18.7 Å². The fourth-order valence-corrected chi connectivity index (χ4v) is 2.07. The first-order chi connectivity index (χ1) is 9.94. The molecule has 1 heterocycles. The molecule has 0 aliphatic carbocycles. The number of nitrogens with zero attached hydrogens (tertiary/aromatic N) is 1. The Balaban J connectivity index is 1.97. The lowest BCUT2D eigenvalue weighted by molar-refractivity contribution is -0.113. The van der Waals surface area contributed by atoms with Gasteiger partial charge in [0.25, 0.3) is 5.56 Å². The number of halogens is 2. The van der Waals surface area contributed by atoms with Crippen LogP contribution in [0.5, 0.6) is 5.88 Å². The molecule has 0 saturated heterocycles. The van der Waals surface area contributed by atoms with Gasteiger partial charge in [0, 0.05) is 6.07 Å². The monoisotopic (exact) mass is 313 g/mol. The number of rotatable bonds is 4. The quantitative estimate of drug-likeness (QED) is 0.587. The highest BCUT2D eigenvalue weighted by molar-refractivity contribution is 7.99. The standard InChI is InChI=1S/C12H9F2N3O3S/c13-6-1-2-8(7(14)3-6)15-11(20)5-21-12-16-9(18)4-10(19)17-12/h1-4H,5H2,(H,15,20)(H2,16,17,18,19). The lowest BCUT2D eigenvalue weighted by Crippen LogP contribution is -2.16. The summed E-state index contributed by atoms with van der Waals surface area (Å²) >= 11 is 0.850. The molecule has 0 bridgehead atoms. The molecule has 110 valence electrons. The normalized spacial score (nSPS) is 10.4. The largest absolute Gasteiger partial charge is 0.493 e. The summed E-state index contributed by atoms with van der Waals surface area (Å²) in [5.74, 6) is -2.86. The van der Waals surface area contributed by atoms with E-state index in [9.17, 15) is 18.4 Å². The molecular weight excluding hydrogens is 304 g/mol. The van der Waals surface area contributed by atoms with E-state index in [-0.39, 0.29) is 16.6 Å². The van der Waals surface area contributed by atoms with E-state index >= 15 is 0 Å². The molecule has 1 amide bonds. The van der Waals surface area contributed by atoms with Gasteiger partial charge in [-0.2, -0.15) is 4.98 Å². The number of carbonyl (C=O) groups excluding carboxylic acids is 1. The number of aromatic nitrogens is 2. The second kappa shape index (κ2) is 6.35. The number of benzene rings is 1. The number of anilines is 1. The molecule has 0 atom stereocenters. The predicted octanol–water partition coefficient (Wildman–Crippen LogP) is 1.48. The minimum absolute atomic E-state index is 0.0507. The first-order valence-corrected chi connectivity index (χ1v) is 6.60. The molecule has 3 N–H and O–H groups in total. The molecule has 0 fully saturated rings. The van der Waals surface area contributed by atoms with Crippen LogP contribution in [-0.4, -0.2) is 26.7 Å². The Morgan fingerprint density at radius 1 is 1.38 bits per heavy atom. The van der Waals surface area contributed by atoms with Gasteiger partial charge < -0.3 is 15.4 Å². The summed E-state index contributed by atoms with van der Waals surface area (Å²) in [5.41, 5.74) is -0.714. The molecule has 0 saturated carbocycles. The molecule has 0 radical (unpaired) electrons. The highest BCUT2D eigenvalue weighted by Crippen LogP contribution is 2.17. The second-order valence-electron chi connectivity index (χ2n) is 3.87. The Hall–Kier alpha value is -2.42. The molecule has 1 aromatic heterocycles. The van der Waals surface area contributed by atoms with Crippen LogP contribution in [0.1, 0.15) is 0 Å². The van der Waals surface area contributed by atoms with Gasteiger partial charge in [0.15, 0.2) is 5.16 Å². The van der Waals surface area contributed by atoms with Gasteiger partial charge in [-0.05, 0) is 12.1 Å². The zero-order chi connectivity index (χ0) is 15.4. The van der Waals surface area contributed by atoms with Crippen molar-refractivity contribution in [3.05, 3.63) is 46.3 Å². The van der Waals surface area contributed by atoms with Gasteiger partial charge >= 0.3 is 0 Å². The Morgan fingerprint density at radius 2 is 2.14 bits per heavy atom. The number of amides is 1. The van der Waals surface area contributed by atoms with Crippen LogP contribution in [0.15, 0.2) is 34.2 Å². The number of H-pyrrole nitrogens is 1. The third-order valence-corrected chi connectivity index (χ3v) is 3.12.